The number of carbonyl (C=O) groups excluding carboxylic acids is 1. The minimum Gasteiger partial charge on any atom is -0.384 e. The summed E-state index contributed by atoms with van der Waals surface area (Å²) in [6.07, 6.45) is 5.53. The number of hydrogen-bond acceptors (Lipinski definition) is 3. The lowest BCUT2D eigenvalue weighted by Crippen LogP contribution is -2.41. The summed E-state index contributed by atoms with van der Waals surface area (Å²) >= 11 is 0. The first-order valence-corrected chi connectivity index (χ1v) is 8.74. The highest BCUT2D eigenvalue weighted by molar-refractivity contribution is 5.83. The van der Waals surface area contributed by atoms with Crippen molar-refractivity contribution < 1.29 is 4.79 Å². The molecule has 4 heteroatoms. The Labute approximate surface area is 144 Å². The monoisotopic (exact) mass is 325 g/mol. The molecular formula is C20H27N3O. The highest BCUT2D eigenvalue weighted by Crippen LogP contribution is 2.39. The van der Waals surface area contributed by atoms with Crippen LogP contribution in [-0.4, -0.2) is 37.5 Å². The zero-order valence-corrected chi connectivity index (χ0v) is 14.5. The normalized spacial score (nSPS) is 22.0. The van der Waals surface area contributed by atoms with Crippen molar-refractivity contribution in [2.24, 2.45) is 5.41 Å². The SMILES string of the molecule is C=CCCC1(C(=O)NC)CCN(C(=C)c2ccc3c(c2)CCN3)C1. The van der Waals surface area contributed by atoms with E-state index in [2.05, 4.69) is 46.9 Å². The minimum absolute atomic E-state index is 0.137. The van der Waals surface area contributed by atoms with Gasteiger partial charge in [-0.3, -0.25) is 4.79 Å². The molecule has 1 aromatic carbocycles. The largest absolute Gasteiger partial charge is 0.384 e. The first-order valence-electron chi connectivity index (χ1n) is 8.74. The fraction of sp³-hybridized carbons (Fsp3) is 0.450. The highest BCUT2D eigenvalue weighted by Gasteiger charge is 2.43. The third-order valence-electron chi connectivity index (χ3n) is 5.42. The van der Waals surface area contributed by atoms with Gasteiger partial charge < -0.3 is 15.5 Å². The Balaban J connectivity index is 1.77. The van der Waals surface area contributed by atoms with Crippen molar-refractivity contribution >= 4 is 17.3 Å². The molecular weight excluding hydrogens is 298 g/mol. The Morgan fingerprint density at radius 3 is 3.08 bits per heavy atom. The van der Waals surface area contributed by atoms with Crippen LogP contribution in [0.15, 0.2) is 37.4 Å². The third kappa shape index (κ3) is 2.93. The molecule has 3 rings (SSSR count). The highest BCUT2D eigenvalue weighted by atomic mass is 16.2. The minimum atomic E-state index is -0.329. The van der Waals surface area contributed by atoms with E-state index in [1.807, 2.05) is 6.08 Å². The molecule has 0 bridgehead atoms. The van der Waals surface area contributed by atoms with Crippen molar-refractivity contribution in [2.45, 2.75) is 25.7 Å². The van der Waals surface area contributed by atoms with E-state index in [-0.39, 0.29) is 11.3 Å². The van der Waals surface area contributed by atoms with Crippen molar-refractivity contribution in [3.63, 3.8) is 0 Å². The number of hydrogen-bond donors (Lipinski definition) is 2. The molecule has 2 aliphatic rings. The summed E-state index contributed by atoms with van der Waals surface area (Å²) in [6, 6.07) is 6.51. The molecule has 2 N–H and O–H groups in total. The van der Waals surface area contributed by atoms with E-state index in [1.54, 1.807) is 7.05 Å². The van der Waals surface area contributed by atoms with Crippen LogP contribution in [-0.2, 0) is 11.2 Å². The number of anilines is 1. The molecule has 24 heavy (non-hydrogen) atoms. The number of benzene rings is 1. The fourth-order valence-electron chi connectivity index (χ4n) is 3.92. The maximum Gasteiger partial charge on any atom is 0.227 e. The first kappa shape index (κ1) is 16.6. The zero-order chi connectivity index (χ0) is 17.2. The summed E-state index contributed by atoms with van der Waals surface area (Å²) in [5.41, 5.74) is 4.45. The topological polar surface area (TPSA) is 44.4 Å². The van der Waals surface area contributed by atoms with E-state index >= 15 is 0 Å². The van der Waals surface area contributed by atoms with Crippen LogP contribution in [0.1, 0.15) is 30.4 Å². The van der Waals surface area contributed by atoms with Gasteiger partial charge in [0.05, 0.1) is 5.41 Å². The van der Waals surface area contributed by atoms with E-state index in [4.69, 9.17) is 0 Å². The van der Waals surface area contributed by atoms with Crippen molar-refractivity contribution in [3.8, 4) is 0 Å². The van der Waals surface area contributed by atoms with Crippen LogP contribution in [0.3, 0.4) is 0 Å². The molecule has 1 atom stereocenters. The maximum atomic E-state index is 12.5. The van der Waals surface area contributed by atoms with E-state index in [1.165, 1.54) is 11.3 Å². The van der Waals surface area contributed by atoms with Crippen LogP contribution < -0.4 is 10.6 Å². The molecule has 0 aliphatic carbocycles. The predicted octanol–water partition coefficient (Wildman–Crippen LogP) is 3.03. The van der Waals surface area contributed by atoms with Gasteiger partial charge in [0.15, 0.2) is 0 Å². The van der Waals surface area contributed by atoms with Crippen molar-refractivity contribution in [1.82, 2.24) is 10.2 Å². The van der Waals surface area contributed by atoms with Crippen molar-refractivity contribution in [3.05, 3.63) is 48.6 Å². The van der Waals surface area contributed by atoms with E-state index in [0.29, 0.717) is 0 Å². The summed E-state index contributed by atoms with van der Waals surface area (Å²) in [5.74, 6) is 0.137. The van der Waals surface area contributed by atoms with Gasteiger partial charge >= 0.3 is 0 Å². The van der Waals surface area contributed by atoms with Gasteiger partial charge in [-0.25, -0.2) is 0 Å². The standard InChI is InChI=1S/C20H27N3O/c1-4-5-9-20(19(24)21-3)10-12-23(14-20)15(2)16-6-7-18-17(13-16)8-11-22-18/h4,6-7,13,22H,1-2,5,8-12,14H2,3H3,(H,21,24). The molecule has 1 fully saturated rings. The third-order valence-corrected chi connectivity index (χ3v) is 5.42. The molecule has 0 aromatic heterocycles. The number of allylic oxidation sites excluding steroid dienone is 1. The Bertz CT molecular complexity index is 667. The Hall–Kier alpha value is -2.23. The number of nitrogens with one attached hydrogen (secondary N) is 2. The number of likely N-dealkylation sites (tertiary alicyclic amines) is 1. The maximum absolute atomic E-state index is 12.5. The number of carbonyl (C=O) groups is 1. The van der Waals surface area contributed by atoms with E-state index in [0.717, 1.165) is 56.6 Å². The Morgan fingerprint density at radius 1 is 1.50 bits per heavy atom. The molecule has 0 spiro atoms. The van der Waals surface area contributed by atoms with Gasteiger partial charge in [0, 0.05) is 38.1 Å². The summed E-state index contributed by atoms with van der Waals surface area (Å²) in [6.45, 7) is 10.7. The lowest BCUT2D eigenvalue weighted by Gasteiger charge is -2.28. The van der Waals surface area contributed by atoms with Gasteiger partial charge in [-0.15, -0.1) is 6.58 Å². The smallest absolute Gasteiger partial charge is 0.227 e. The second-order valence-electron chi connectivity index (χ2n) is 6.85. The van der Waals surface area contributed by atoms with Crippen LogP contribution in [0, 0.1) is 5.41 Å². The molecule has 1 amide bonds. The van der Waals surface area contributed by atoms with Crippen LogP contribution in [0.2, 0.25) is 0 Å². The molecule has 2 heterocycles. The van der Waals surface area contributed by atoms with Crippen LogP contribution in [0.25, 0.3) is 5.70 Å². The summed E-state index contributed by atoms with van der Waals surface area (Å²) in [5, 5.41) is 6.24. The quantitative estimate of drug-likeness (QED) is 0.790. The van der Waals surface area contributed by atoms with E-state index < -0.39 is 0 Å². The van der Waals surface area contributed by atoms with Gasteiger partial charge in [-0.1, -0.05) is 18.7 Å². The van der Waals surface area contributed by atoms with Crippen molar-refractivity contribution in [2.75, 3.05) is 32.0 Å². The van der Waals surface area contributed by atoms with Crippen LogP contribution >= 0.6 is 0 Å². The Morgan fingerprint density at radius 2 is 2.33 bits per heavy atom. The van der Waals surface area contributed by atoms with Crippen LogP contribution in [0.5, 0.6) is 0 Å². The molecule has 1 unspecified atom stereocenters. The fourth-order valence-corrected chi connectivity index (χ4v) is 3.92. The molecule has 2 aliphatic heterocycles. The lowest BCUT2D eigenvalue weighted by molar-refractivity contribution is -0.130. The van der Waals surface area contributed by atoms with Gasteiger partial charge in [0.25, 0.3) is 0 Å². The van der Waals surface area contributed by atoms with Crippen LogP contribution in [0.4, 0.5) is 5.69 Å². The van der Waals surface area contributed by atoms with E-state index in [9.17, 15) is 4.79 Å². The molecule has 128 valence electrons. The first-order chi connectivity index (χ1) is 11.6. The Kier molecular flexibility index (Phi) is 4.65. The molecule has 0 radical (unpaired) electrons. The molecule has 1 aromatic rings. The van der Waals surface area contributed by atoms with Gasteiger partial charge in [-0.05, 0) is 48.9 Å². The number of amides is 1. The molecule has 1 saturated heterocycles. The van der Waals surface area contributed by atoms with Gasteiger partial charge in [0.2, 0.25) is 5.91 Å². The number of fused-ring (bicyclic) bond motifs is 1. The second kappa shape index (κ2) is 6.71. The number of nitrogens with zero attached hydrogens (tertiary/aromatic N) is 1. The van der Waals surface area contributed by atoms with Gasteiger partial charge in [0.1, 0.15) is 0 Å². The molecule has 4 nitrogen and oxygen atoms in total. The summed E-state index contributed by atoms with van der Waals surface area (Å²) in [4.78, 5) is 14.8. The summed E-state index contributed by atoms with van der Waals surface area (Å²) < 4.78 is 0. The average Bonchev–Trinajstić information content (AvgIpc) is 3.25. The summed E-state index contributed by atoms with van der Waals surface area (Å²) in [7, 11) is 1.73. The zero-order valence-electron chi connectivity index (χ0n) is 14.5. The number of rotatable bonds is 6. The van der Waals surface area contributed by atoms with Crippen molar-refractivity contribution in [1.29, 1.82) is 0 Å². The van der Waals surface area contributed by atoms with Gasteiger partial charge in [-0.2, -0.15) is 0 Å². The molecule has 0 saturated carbocycles. The predicted molar refractivity (Wildman–Crippen MR) is 99.8 cm³/mol. The average molecular weight is 325 g/mol. The lowest BCUT2D eigenvalue weighted by atomic mass is 9.81. The second-order valence-corrected chi connectivity index (χ2v) is 6.85.